The summed E-state index contributed by atoms with van der Waals surface area (Å²) in [6, 6.07) is 10.6. The summed E-state index contributed by atoms with van der Waals surface area (Å²) >= 11 is 0. The molecule has 1 heterocycles. The van der Waals surface area contributed by atoms with Crippen molar-refractivity contribution in [3.05, 3.63) is 58.8 Å². The van der Waals surface area contributed by atoms with Crippen molar-refractivity contribution in [2.24, 2.45) is 5.41 Å². The number of Topliss-reactive ketones (excluding diaryl/α,β-unsaturated/α-hetero) is 1. The van der Waals surface area contributed by atoms with Crippen LogP contribution in [0.2, 0.25) is 0 Å². The Hall–Kier alpha value is -2.27. The summed E-state index contributed by atoms with van der Waals surface area (Å²) in [6.07, 6.45) is 13.8. The molecule has 1 aromatic carbocycles. The van der Waals surface area contributed by atoms with E-state index in [-0.39, 0.29) is 11.2 Å². The van der Waals surface area contributed by atoms with Crippen LogP contribution in [0.3, 0.4) is 0 Å². The van der Waals surface area contributed by atoms with Gasteiger partial charge in [0.1, 0.15) is 0 Å². The van der Waals surface area contributed by atoms with Crippen LogP contribution >= 0.6 is 0 Å². The zero-order valence-corrected chi connectivity index (χ0v) is 17.7. The normalized spacial score (nSPS) is 16.6. The summed E-state index contributed by atoms with van der Waals surface area (Å²) in [4.78, 5) is 14.9. The van der Waals surface area contributed by atoms with Crippen molar-refractivity contribution in [2.45, 2.75) is 66.8 Å². The predicted molar refractivity (Wildman–Crippen MR) is 116 cm³/mol. The Balaban J connectivity index is 0.00000176. The molecular formula is C25H35NO. The Kier molecular flexibility index (Phi) is 9.09. The average molecular weight is 366 g/mol. The van der Waals surface area contributed by atoms with E-state index in [1.807, 2.05) is 6.92 Å². The van der Waals surface area contributed by atoms with E-state index >= 15 is 0 Å². The SMILES string of the molecule is C#C.CCC/C(=C\C1=C(C)C(C)(C)CCN1Cc1ccccc1)C(=O)CC. The molecule has 0 amide bonds. The first kappa shape index (κ1) is 22.8. The van der Waals surface area contributed by atoms with Crippen LogP contribution in [-0.2, 0) is 11.3 Å². The van der Waals surface area contributed by atoms with Gasteiger partial charge in [0.05, 0.1) is 0 Å². The first-order valence-corrected chi connectivity index (χ1v) is 9.96. The molecule has 146 valence electrons. The molecule has 0 bridgehead atoms. The largest absolute Gasteiger partial charge is 0.367 e. The molecule has 0 aliphatic carbocycles. The lowest BCUT2D eigenvalue weighted by molar-refractivity contribution is -0.115. The second kappa shape index (κ2) is 10.8. The number of hydrogen-bond donors (Lipinski definition) is 0. The molecule has 0 saturated carbocycles. The van der Waals surface area contributed by atoms with Crippen molar-refractivity contribution in [3.63, 3.8) is 0 Å². The summed E-state index contributed by atoms with van der Waals surface area (Å²) in [7, 11) is 0. The van der Waals surface area contributed by atoms with Crippen LogP contribution in [0.25, 0.3) is 0 Å². The Labute approximate surface area is 166 Å². The minimum Gasteiger partial charge on any atom is -0.367 e. The second-order valence-electron chi connectivity index (χ2n) is 7.75. The number of terminal acetylenes is 1. The molecule has 1 aliphatic heterocycles. The molecule has 0 atom stereocenters. The molecule has 2 heteroatoms. The number of nitrogens with zero attached hydrogens (tertiary/aromatic N) is 1. The highest BCUT2D eigenvalue weighted by atomic mass is 16.1. The van der Waals surface area contributed by atoms with Crippen LogP contribution in [0.4, 0.5) is 0 Å². The smallest absolute Gasteiger partial charge is 0.158 e. The third kappa shape index (κ3) is 6.14. The van der Waals surface area contributed by atoms with E-state index in [1.54, 1.807) is 0 Å². The highest BCUT2D eigenvalue weighted by molar-refractivity contribution is 5.95. The van der Waals surface area contributed by atoms with Crippen LogP contribution < -0.4 is 0 Å². The minimum absolute atomic E-state index is 0.186. The van der Waals surface area contributed by atoms with Gasteiger partial charge in [0.25, 0.3) is 0 Å². The number of hydrogen-bond acceptors (Lipinski definition) is 2. The first-order valence-electron chi connectivity index (χ1n) is 9.96. The summed E-state index contributed by atoms with van der Waals surface area (Å²) in [5.41, 5.74) is 5.14. The van der Waals surface area contributed by atoms with Crippen LogP contribution in [-0.4, -0.2) is 17.2 Å². The van der Waals surface area contributed by atoms with Crippen molar-refractivity contribution in [1.82, 2.24) is 4.90 Å². The lowest BCUT2D eigenvalue weighted by Crippen LogP contribution is -2.35. The van der Waals surface area contributed by atoms with Gasteiger partial charge in [0.2, 0.25) is 0 Å². The summed E-state index contributed by atoms with van der Waals surface area (Å²) in [5.74, 6) is 0.283. The molecule has 0 unspecified atom stereocenters. The number of allylic oxidation sites excluding steroid dienone is 3. The summed E-state index contributed by atoms with van der Waals surface area (Å²) in [5, 5.41) is 0. The zero-order chi connectivity index (χ0) is 20.4. The third-order valence-electron chi connectivity index (χ3n) is 5.47. The Morgan fingerprint density at radius 3 is 2.37 bits per heavy atom. The van der Waals surface area contributed by atoms with Gasteiger partial charge in [-0.05, 0) is 48.0 Å². The van der Waals surface area contributed by atoms with Gasteiger partial charge in [0, 0.05) is 25.2 Å². The maximum Gasteiger partial charge on any atom is 0.158 e. The van der Waals surface area contributed by atoms with Gasteiger partial charge >= 0.3 is 0 Å². The lowest BCUT2D eigenvalue weighted by atomic mass is 9.77. The molecule has 1 aliphatic rings. The highest BCUT2D eigenvalue weighted by Crippen LogP contribution is 2.39. The summed E-state index contributed by atoms with van der Waals surface area (Å²) < 4.78 is 0. The molecule has 0 N–H and O–H groups in total. The van der Waals surface area contributed by atoms with Crippen molar-refractivity contribution in [2.75, 3.05) is 6.54 Å². The van der Waals surface area contributed by atoms with Gasteiger partial charge < -0.3 is 4.90 Å². The lowest BCUT2D eigenvalue weighted by Gasteiger charge is -2.41. The third-order valence-corrected chi connectivity index (χ3v) is 5.47. The van der Waals surface area contributed by atoms with E-state index in [9.17, 15) is 4.79 Å². The van der Waals surface area contributed by atoms with E-state index in [4.69, 9.17) is 0 Å². The number of ketones is 1. The monoisotopic (exact) mass is 365 g/mol. The van der Waals surface area contributed by atoms with Gasteiger partial charge in [0.15, 0.2) is 5.78 Å². The zero-order valence-electron chi connectivity index (χ0n) is 17.7. The maximum absolute atomic E-state index is 12.4. The fourth-order valence-electron chi connectivity index (χ4n) is 3.43. The van der Waals surface area contributed by atoms with Crippen molar-refractivity contribution >= 4 is 5.78 Å². The van der Waals surface area contributed by atoms with Crippen molar-refractivity contribution in [1.29, 1.82) is 0 Å². The van der Waals surface area contributed by atoms with Crippen molar-refractivity contribution in [3.8, 4) is 12.8 Å². The van der Waals surface area contributed by atoms with Crippen LogP contribution in [0.5, 0.6) is 0 Å². The van der Waals surface area contributed by atoms with Gasteiger partial charge in [-0.2, -0.15) is 0 Å². The quantitative estimate of drug-likeness (QED) is 0.427. The fourth-order valence-corrected chi connectivity index (χ4v) is 3.43. The van der Waals surface area contributed by atoms with Gasteiger partial charge in [-0.1, -0.05) is 64.4 Å². The summed E-state index contributed by atoms with van der Waals surface area (Å²) in [6.45, 7) is 12.9. The molecule has 0 aromatic heterocycles. The molecular weight excluding hydrogens is 330 g/mol. The van der Waals surface area contributed by atoms with E-state index in [2.05, 4.69) is 81.8 Å². The average Bonchev–Trinajstić information content (AvgIpc) is 2.69. The molecule has 0 spiro atoms. The number of carbonyl (C=O) groups excluding carboxylic acids is 1. The number of benzene rings is 1. The van der Waals surface area contributed by atoms with E-state index < -0.39 is 0 Å². The molecule has 1 aromatic rings. The standard InChI is InChI=1S/C23H33NO.C2H2/c1-6-11-20(22(25)7-2)16-21-18(3)23(4,5)14-15-24(21)17-19-12-9-8-10-13-19;1-2/h8-10,12-13,16H,6-7,11,14-15,17H2,1-5H3;1-2H/b20-16+;. The molecule has 0 radical (unpaired) electrons. The van der Waals surface area contributed by atoms with E-state index in [0.717, 1.165) is 37.9 Å². The number of carbonyl (C=O) groups is 1. The first-order chi connectivity index (χ1) is 12.9. The molecule has 0 saturated heterocycles. The second-order valence-corrected chi connectivity index (χ2v) is 7.75. The highest BCUT2D eigenvalue weighted by Gasteiger charge is 2.30. The van der Waals surface area contributed by atoms with Crippen molar-refractivity contribution < 1.29 is 4.79 Å². The Bertz CT molecular complexity index is 692. The Morgan fingerprint density at radius 1 is 1.19 bits per heavy atom. The topological polar surface area (TPSA) is 20.3 Å². The van der Waals surface area contributed by atoms with Gasteiger partial charge in [-0.15, -0.1) is 12.8 Å². The molecule has 0 fully saturated rings. The van der Waals surface area contributed by atoms with E-state index in [1.165, 1.54) is 16.8 Å². The van der Waals surface area contributed by atoms with Gasteiger partial charge in [-0.3, -0.25) is 4.79 Å². The van der Waals surface area contributed by atoms with Crippen LogP contribution in [0.15, 0.2) is 53.3 Å². The maximum atomic E-state index is 12.4. The fraction of sp³-hybridized carbons (Fsp3) is 0.480. The molecule has 2 nitrogen and oxygen atoms in total. The van der Waals surface area contributed by atoms with E-state index in [0.29, 0.717) is 6.42 Å². The minimum atomic E-state index is 0.186. The van der Waals surface area contributed by atoms with Crippen LogP contribution in [0.1, 0.15) is 65.9 Å². The van der Waals surface area contributed by atoms with Gasteiger partial charge in [-0.25, -0.2) is 0 Å². The molecule has 27 heavy (non-hydrogen) atoms. The predicted octanol–water partition coefficient (Wildman–Crippen LogP) is 6.15. The van der Waals surface area contributed by atoms with Crippen LogP contribution in [0, 0.1) is 18.3 Å². The number of rotatable bonds is 7. The Morgan fingerprint density at radius 2 is 1.81 bits per heavy atom. The molecule has 2 rings (SSSR count).